The first-order valence-electron chi connectivity index (χ1n) is 8.55. The molecule has 0 saturated heterocycles. The molecule has 0 radical (unpaired) electrons. The second-order valence-electron chi connectivity index (χ2n) is 6.46. The second kappa shape index (κ2) is 9.01. The number of fused-ring (bicyclic) bond motifs is 1. The largest absolute Gasteiger partial charge is 0.493 e. The average molecular weight is 379 g/mol. The average Bonchev–Trinajstić information content (AvgIpc) is 2.57. The van der Waals surface area contributed by atoms with Gasteiger partial charge in [-0.1, -0.05) is 12.1 Å². The van der Waals surface area contributed by atoms with Crippen LogP contribution in [0.15, 0.2) is 30.3 Å². The minimum Gasteiger partial charge on any atom is -0.493 e. The maximum atomic E-state index is 14.5. The summed E-state index contributed by atoms with van der Waals surface area (Å²) < 4.78 is 20.2. The van der Waals surface area contributed by atoms with Crippen LogP contribution in [0.2, 0.25) is 0 Å². The standard InChI is InChI=1S/C20H23FN2O2.ClH/c1-13-9-14(2)11-16(10-13)25-8-6-19(24)23-18-4-3-15-12-22-7-5-17(15)20(18)21;/h3-4,9-11,22H,5-8,12H2,1-2H3,(H,23,24);1H. The van der Waals surface area contributed by atoms with E-state index < -0.39 is 0 Å². The molecule has 2 N–H and O–H groups in total. The molecule has 140 valence electrons. The van der Waals surface area contributed by atoms with E-state index in [1.165, 1.54) is 0 Å². The third-order valence-electron chi connectivity index (χ3n) is 4.27. The molecule has 0 unspecified atom stereocenters. The van der Waals surface area contributed by atoms with Gasteiger partial charge in [-0.15, -0.1) is 12.4 Å². The molecule has 2 aromatic carbocycles. The van der Waals surface area contributed by atoms with Gasteiger partial charge in [-0.2, -0.15) is 0 Å². The highest BCUT2D eigenvalue weighted by atomic mass is 35.5. The third kappa shape index (κ3) is 4.96. The van der Waals surface area contributed by atoms with Gasteiger partial charge >= 0.3 is 0 Å². The summed E-state index contributed by atoms with van der Waals surface area (Å²) in [7, 11) is 0. The van der Waals surface area contributed by atoms with E-state index in [2.05, 4.69) is 16.7 Å². The normalized spacial score (nSPS) is 12.7. The first-order valence-corrected chi connectivity index (χ1v) is 8.55. The molecule has 1 aliphatic rings. The lowest BCUT2D eigenvalue weighted by atomic mass is 9.99. The van der Waals surface area contributed by atoms with Gasteiger partial charge in [0, 0.05) is 6.54 Å². The minimum atomic E-state index is -0.317. The molecule has 3 rings (SSSR count). The highest BCUT2D eigenvalue weighted by molar-refractivity contribution is 5.91. The third-order valence-corrected chi connectivity index (χ3v) is 4.27. The molecule has 0 fully saturated rings. The van der Waals surface area contributed by atoms with Crippen LogP contribution >= 0.6 is 12.4 Å². The molecule has 2 aromatic rings. The van der Waals surface area contributed by atoms with Crippen molar-refractivity contribution in [3.05, 3.63) is 58.4 Å². The Hall–Kier alpha value is -2.11. The van der Waals surface area contributed by atoms with Crippen molar-refractivity contribution < 1.29 is 13.9 Å². The SMILES string of the molecule is Cc1cc(C)cc(OCCC(=O)Nc2ccc3c(c2F)CCNC3)c1.Cl. The second-order valence-corrected chi connectivity index (χ2v) is 6.46. The van der Waals surface area contributed by atoms with E-state index in [9.17, 15) is 9.18 Å². The Kier molecular flexibility index (Phi) is 7.00. The summed E-state index contributed by atoms with van der Waals surface area (Å²) in [6.45, 7) is 5.68. The van der Waals surface area contributed by atoms with Crippen molar-refractivity contribution in [1.82, 2.24) is 5.32 Å². The maximum Gasteiger partial charge on any atom is 0.227 e. The number of benzene rings is 2. The fraction of sp³-hybridized carbons (Fsp3) is 0.350. The zero-order valence-corrected chi connectivity index (χ0v) is 15.8. The summed E-state index contributed by atoms with van der Waals surface area (Å²) >= 11 is 0. The summed E-state index contributed by atoms with van der Waals surface area (Å²) in [5.41, 5.74) is 4.13. The summed E-state index contributed by atoms with van der Waals surface area (Å²) in [5, 5.41) is 5.86. The van der Waals surface area contributed by atoms with Crippen molar-refractivity contribution in [1.29, 1.82) is 0 Å². The van der Waals surface area contributed by atoms with Crippen LogP contribution in [0, 0.1) is 19.7 Å². The van der Waals surface area contributed by atoms with Crippen molar-refractivity contribution in [2.24, 2.45) is 0 Å². The fourth-order valence-electron chi connectivity index (χ4n) is 3.12. The van der Waals surface area contributed by atoms with Crippen LogP contribution in [0.4, 0.5) is 10.1 Å². The summed E-state index contributed by atoms with van der Waals surface area (Å²) in [6.07, 6.45) is 0.811. The number of hydrogen-bond donors (Lipinski definition) is 2. The van der Waals surface area contributed by atoms with Crippen LogP contribution in [-0.2, 0) is 17.8 Å². The molecule has 1 heterocycles. The number of halogens is 2. The first-order chi connectivity index (χ1) is 12.0. The number of anilines is 1. The van der Waals surface area contributed by atoms with E-state index in [0.717, 1.165) is 29.0 Å². The van der Waals surface area contributed by atoms with Crippen LogP contribution in [0.25, 0.3) is 0 Å². The van der Waals surface area contributed by atoms with Gasteiger partial charge in [-0.3, -0.25) is 4.79 Å². The maximum absolute atomic E-state index is 14.5. The Morgan fingerprint density at radius 2 is 1.96 bits per heavy atom. The highest BCUT2D eigenvalue weighted by Crippen LogP contribution is 2.24. The molecule has 26 heavy (non-hydrogen) atoms. The van der Waals surface area contributed by atoms with E-state index in [1.54, 1.807) is 6.07 Å². The lowest BCUT2D eigenvalue weighted by molar-refractivity contribution is -0.116. The predicted octanol–water partition coefficient (Wildman–Crippen LogP) is 3.92. The monoisotopic (exact) mass is 378 g/mol. The number of rotatable bonds is 5. The number of aryl methyl sites for hydroxylation is 2. The van der Waals surface area contributed by atoms with Gasteiger partial charge in [0.2, 0.25) is 5.91 Å². The Labute approximate surface area is 159 Å². The predicted molar refractivity (Wildman–Crippen MR) is 104 cm³/mol. The number of nitrogens with one attached hydrogen (secondary N) is 2. The van der Waals surface area contributed by atoms with Crippen molar-refractivity contribution >= 4 is 24.0 Å². The molecule has 0 bridgehead atoms. The van der Waals surface area contributed by atoms with E-state index in [-0.39, 0.29) is 42.8 Å². The molecule has 0 saturated carbocycles. The molecule has 1 aliphatic heterocycles. The van der Waals surface area contributed by atoms with Crippen molar-refractivity contribution in [2.45, 2.75) is 33.2 Å². The fourth-order valence-corrected chi connectivity index (χ4v) is 3.12. The Morgan fingerprint density at radius 3 is 2.69 bits per heavy atom. The molecule has 0 atom stereocenters. The van der Waals surface area contributed by atoms with E-state index in [1.807, 2.05) is 32.0 Å². The van der Waals surface area contributed by atoms with Crippen LogP contribution in [0.1, 0.15) is 28.7 Å². The molecule has 6 heteroatoms. The molecular weight excluding hydrogens is 355 g/mol. The summed E-state index contributed by atoms with van der Waals surface area (Å²) in [4.78, 5) is 12.1. The zero-order valence-electron chi connectivity index (χ0n) is 15.0. The van der Waals surface area contributed by atoms with Gasteiger partial charge in [-0.25, -0.2) is 4.39 Å². The molecular formula is C20H24ClFN2O2. The van der Waals surface area contributed by atoms with Gasteiger partial charge in [-0.05, 0) is 67.3 Å². The van der Waals surface area contributed by atoms with E-state index in [4.69, 9.17) is 4.74 Å². The number of amides is 1. The lowest BCUT2D eigenvalue weighted by Gasteiger charge is -2.19. The zero-order chi connectivity index (χ0) is 17.8. The van der Waals surface area contributed by atoms with Gasteiger partial charge in [0.25, 0.3) is 0 Å². The van der Waals surface area contributed by atoms with Crippen LogP contribution in [0.5, 0.6) is 5.75 Å². The van der Waals surface area contributed by atoms with E-state index >= 15 is 0 Å². The highest BCUT2D eigenvalue weighted by Gasteiger charge is 2.17. The molecule has 0 aromatic heterocycles. The number of carbonyl (C=O) groups is 1. The first kappa shape index (κ1) is 20.2. The molecule has 1 amide bonds. The smallest absolute Gasteiger partial charge is 0.227 e. The van der Waals surface area contributed by atoms with Gasteiger partial charge in [0.1, 0.15) is 11.6 Å². The Morgan fingerprint density at radius 1 is 1.23 bits per heavy atom. The molecule has 0 aliphatic carbocycles. The lowest BCUT2D eigenvalue weighted by Crippen LogP contribution is -2.25. The minimum absolute atomic E-state index is 0. The van der Waals surface area contributed by atoms with Crippen molar-refractivity contribution in [3.63, 3.8) is 0 Å². The quantitative estimate of drug-likeness (QED) is 0.829. The number of ether oxygens (including phenoxy) is 1. The topological polar surface area (TPSA) is 50.4 Å². The summed E-state index contributed by atoms with van der Waals surface area (Å²) in [5.74, 6) is 0.178. The Bertz CT molecular complexity index is 775. The van der Waals surface area contributed by atoms with Gasteiger partial charge in [0.15, 0.2) is 0 Å². The number of hydrogen-bond acceptors (Lipinski definition) is 3. The summed E-state index contributed by atoms with van der Waals surface area (Å²) in [6, 6.07) is 9.42. The van der Waals surface area contributed by atoms with Crippen molar-refractivity contribution in [3.8, 4) is 5.75 Å². The Balaban J connectivity index is 0.00000243. The van der Waals surface area contributed by atoms with Gasteiger partial charge < -0.3 is 15.4 Å². The van der Waals surface area contributed by atoms with Crippen LogP contribution in [-0.4, -0.2) is 19.1 Å². The van der Waals surface area contributed by atoms with E-state index in [0.29, 0.717) is 18.5 Å². The van der Waals surface area contributed by atoms with Gasteiger partial charge in [0.05, 0.1) is 18.7 Å². The molecule has 4 nitrogen and oxygen atoms in total. The van der Waals surface area contributed by atoms with Crippen LogP contribution in [0.3, 0.4) is 0 Å². The van der Waals surface area contributed by atoms with Crippen molar-refractivity contribution in [2.75, 3.05) is 18.5 Å². The van der Waals surface area contributed by atoms with Crippen LogP contribution < -0.4 is 15.4 Å². The molecule has 0 spiro atoms. The number of carbonyl (C=O) groups excluding carboxylic acids is 1.